The molecule has 0 aliphatic rings. The second kappa shape index (κ2) is 7.26. The van der Waals surface area contributed by atoms with Crippen LogP contribution in [0.2, 0.25) is 0 Å². The number of hydrogen-bond acceptors (Lipinski definition) is 5. The van der Waals surface area contributed by atoms with E-state index < -0.39 is 12.5 Å². The highest BCUT2D eigenvalue weighted by molar-refractivity contribution is 6.04. The van der Waals surface area contributed by atoms with Gasteiger partial charge in [-0.05, 0) is 24.6 Å². The molecule has 0 radical (unpaired) electrons. The van der Waals surface area contributed by atoms with Crippen LogP contribution in [0.15, 0.2) is 36.7 Å². The Labute approximate surface area is 154 Å². The number of aryl methyl sites for hydroxylation is 1. The van der Waals surface area contributed by atoms with Crippen LogP contribution in [0.4, 0.5) is 8.78 Å². The smallest absolute Gasteiger partial charge is 0.278 e. The van der Waals surface area contributed by atoms with E-state index in [9.17, 15) is 13.6 Å². The fourth-order valence-corrected chi connectivity index (χ4v) is 2.54. The number of nitrogens with one attached hydrogen (secondary N) is 1. The number of carbonyl (C=O) groups is 1. The van der Waals surface area contributed by atoms with Gasteiger partial charge in [-0.25, -0.2) is 23.4 Å². The summed E-state index contributed by atoms with van der Waals surface area (Å²) in [7, 11) is 1.72. The number of alkyl halides is 2. The Morgan fingerprint density at radius 1 is 1.33 bits per heavy atom. The third-order valence-electron chi connectivity index (χ3n) is 3.89. The van der Waals surface area contributed by atoms with Crippen molar-refractivity contribution < 1.29 is 18.3 Å². The van der Waals surface area contributed by atoms with E-state index in [4.69, 9.17) is 4.74 Å². The molecule has 142 valence electrons. The lowest BCUT2D eigenvalue weighted by Crippen LogP contribution is -2.27. The summed E-state index contributed by atoms with van der Waals surface area (Å²) < 4.78 is 32.1. The second-order valence-corrected chi connectivity index (χ2v) is 6.33. The van der Waals surface area contributed by atoms with E-state index in [-0.39, 0.29) is 23.5 Å². The SMILES string of the molecule is CC(NC(=O)c1nn(C)c2ncccc12)c1ccc(OCC(C)(F)F)nc1. The lowest BCUT2D eigenvalue weighted by molar-refractivity contribution is -0.0242. The van der Waals surface area contributed by atoms with Gasteiger partial charge in [0.15, 0.2) is 17.9 Å². The Morgan fingerprint density at radius 2 is 2.11 bits per heavy atom. The van der Waals surface area contributed by atoms with E-state index in [1.807, 2.05) is 0 Å². The molecule has 3 heterocycles. The highest BCUT2D eigenvalue weighted by Crippen LogP contribution is 2.19. The van der Waals surface area contributed by atoms with E-state index in [1.54, 1.807) is 43.0 Å². The summed E-state index contributed by atoms with van der Waals surface area (Å²) in [5.41, 5.74) is 1.61. The zero-order valence-electron chi connectivity index (χ0n) is 15.1. The fourth-order valence-electron chi connectivity index (χ4n) is 2.54. The molecular weight excluding hydrogens is 356 g/mol. The molecule has 0 saturated carbocycles. The third kappa shape index (κ3) is 4.36. The Kier molecular flexibility index (Phi) is 5.02. The summed E-state index contributed by atoms with van der Waals surface area (Å²) >= 11 is 0. The molecule has 1 N–H and O–H groups in total. The molecule has 0 bridgehead atoms. The maximum Gasteiger partial charge on any atom is 0.278 e. The minimum absolute atomic E-state index is 0.0978. The van der Waals surface area contributed by atoms with Gasteiger partial charge in [-0.1, -0.05) is 6.07 Å². The van der Waals surface area contributed by atoms with Crippen LogP contribution in [0.3, 0.4) is 0 Å². The molecular formula is C18H19F2N5O2. The molecule has 0 aliphatic carbocycles. The number of carbonyl (C=O) groups excluding carboxylic acids is 1. The van der Waals surface area contributed by atoms with E-state index in [1.165, 1.54) is 12.3 Å². The van der Waals surface area contributed by atoms with Crippen LogP contribution in [-0.2, 0) is 7.05 Å². The summed E-state index contributed by atoms with van der Waals surface area (Å²) in [6.07, 6.45) is 3.12. The molecule has 0 aliphatic heterocycles. The first-order chi connectivity index (χ1) is 12.7. The maximum absolute atomic E-state index is 12.8. The largest absolute Gasteiger partial charge is 0.471 e. The molecule has 0 aromatic carbocycles. The molecule has 1 amide bonds. The molecule has 3 aromatic rings. The summed E-state index contributed by atoms with van der Waals surface area (Å²) in [6.45, 7) is 1.82. The zero-order chi connectivity index (χ0) is 19.6. The van der Waals surface area contributed by atoms with Gasteiger partial charge in [0.2, 0.25) is 5.88 Å². The maximum atomic E-state index is 12.8. The average Bonchev–Trinajstić information content (AvgIpc) is 2.97. The number of pyridine rings is 2. The van der Waals surface area contributed by atoms with Crippen molar-refractivity contribution in [2.24, 2.45) is 7.05 Å². The van der Waals surface area contributed by atoms with Gasteiger partial charge in [-0.3, -0.25) is 4.79 Å². The van der Waals surface area contributed by atoms with Crippen molar-refractivity contribution in [3.05, 3.63) is 47.9 Å². The molecule has 3 rings (SSSR count). The minimum Gasteiger partial charge on any atom is -0.471 e. The number of fused-ring (bicyclic) bond motifs is 1. The first kappa shape index (κ1) is 18.7. The van der Waals surface area contributed by atoms with Crippen LogP contribution >= 0.6 is 0 Å². The fraction of sp³-hybridized carbons (Fsp3) is 0.333. The number of ether oxygens (including phenoxy) is 1. The van der Waals surface area contributed by atoms with E-state index in [0.717, 1.165) is 6.92 Å². The van der Waals surface area contributed by atoms with E-state index >= 15 is 0 Å². The second-order valence-electron chi connectivity index (χ2n) is 6.33. The Morgan fingerprint density at radius 3 is 2.78 bits per heavy atom. The predicted molar refractivity (Wildman–Crippen MR) is 94.7 cm³/mol. The van der Waals surface area contributed by atoms with Gasteiger partial charge in [0.1, 0.15) is 0 Å². The van der Waals surface area contributed by atoms with Gasteiger partial charge in [0.25, 0.3) is 11.8 Å². The Bertz CT molecular complexity index is 951. The van der Waals surface area contributed by atoms with Gasteiger partial charge >= 0.3 is 0 Å². The first-order valence-corrected chi connectivity index (χ1v) is 8.30. The number of halogens is 2. The van der Waals surface area contributed by atoms with Crippen LogP contribution < -0.4 is 10.1 Å². The number of nitrogens with zero attached hydrogens (tertiary/aromatic N) is 4. The van der Waals surface area contributed by atoms with Gasteiger partial charge in [0, 0.05) is 32.4 Å². The molecule has 3 aromatic heterocycles. The highest BCUT2D eigenvalue weighted by atomic mass is 19.3. The van der Waals surface area contributed by atoms with Crippen molar-refractivity contribution in [1.82, 2.24) is 25.1 Å². The van der Waals surface area contributed by atoms with E-state index in [0.29, 0.717) is 16.6 Å². The Balaban J connectivity index is 1.69. The normalized spacial score (nSPS) is 12.8. The predicted octanol–water partition coefficient (Wildman–Crippen LogP) is 2.89. The summed E-state index contributed by atoms with van der Waals surface area (Å²) in [5.74, 6) is -3.17. The molecule has 1 unspecified atom stereocenters. The van der Waals surface area contributed by atoms with Crippen LogP contribution in [0.5, 0.6) is 5.88 Å². The number of rotatable bonds is 6. The van der Waals surface area contributed by atoms with Crippen LogP contribution in [-0.4, -0.2) is 38.2 Å². The van der Waals surface area contributed by atoms with Crippen LogP contribution in [0, 0.1) is 0 Å². The number of hydrogen-bond donors (Lipinski definition) is 1. The standard InChI is InChI=1S/C18H19F2N5O2/c1-11(12-6-7-14(22-9-12)27-10-18(2,19)20)23-17(26)15-13-5-4-8-21-16(13)25(3)24-15/h4-9,11H,10H2,1-3H3,(H,23,26). The van der Waals surface area contributed by atoms with Gasteiger partial charge in [-0.15, -0.1) is 0 Å². The van der Waals surface area contributed by atoms with Crippen LogP contribution in [0.25, 0.3) is 11.0 Å². The van der Waals surface area contributed by atoms with Crippen molar-refractivity contribution in [2.45, 2.75) is 25.8 Å². The number of amides is 1. The molecule has 7 nitrogen and oxygen atoms in total. The Hall–Kier alpha value is -3.10. The molecule has 0 spiro atoms. The minimum atomic E-state index is -2.93. The molecule has 0 fully saturated rings. The lowest BCUT2D eigenvalue weighted by atomic mass is 10.1. The topological polar surface area (TPSA) is 81.9 Å². The third-order valence-corrected chi connectivity index (χ3v) is 3.89. The zero-order valence-corrected chi connectivity index (χ0v) is 15.1. The quantitative estimate of drug-likeness (QED) is 0.716. The molecule has 27 heavy (non-hydrogen) atoms. The lowest BCUT2D eigenvalue weighted by Gasteiger charge is -2.15. The average molecular weight is 375 g/mol. The summed E-state index contributed by atoms with van der Waals surface area (Å²) in [6, 6.07) is 6.32. The molecule has 9 heteroatoms. The van der Waals surface area contributed by atoms with Gasteiger partial charge < -0.3 is 10.1 Å². The van der Waals surface area contributed by atoms with Gasteiger partial charge in [-0.2, -0.15) is 5.10 Å². The van der Waals surface area contributed by atoms with Crippen molar-refractivity contribution in [1.29, 1.82) is 0 Å². The summed E-state index contributed by atoms with van der Waals surface area (Å²) in [4.78, 5) is 20.8. The van der Waals surface area contributed by atoms with Crippen molar-refractivity contribution in [2.75, 3.05) is 6.61 Å². The van der Waals surface area contributed by atoms with Crippen LogP contribution in [0.1, 0.15) is 35.9 Å². The first-order valence-electron chi connectivity index (χ1n) is 8.30. The van der Waals surface area contributed by atoms with Crippen molar-refractivity contribution >= 4 is 16.9 Å². The highest BCUT2D eigenvalue weighted by Gasteiger charge is 2.22. The molecule has 1 atom stereocenters. The van der Waals surface area contributed by atoms with E-state index in [2.05, 4.69) is 20.4 Å². The summed E-state index contributed by atoms with van der Waals surface area (Å²) in [5, 5.41) is 7.74. The monoisotopic (exact) mass is 375 g/mol. The van der Waals surface area contributed by atoms with Crippen molar-refractivity contribution in [3.8, 4) is 5.88 Å². The van der Waals surface area contributed by atoms with Crippen molar-refractivity contribution in [3.63, 3.8) is 0 Å². The number of aromatic nitrogens is 4. The van der Waals surface area contributed by atoms with Gasteiger partial charge in [0.05, 0.1) is 11.4 Å². The molecule has 0 saturated heterocycles.